The Kier molecular flexibility index (Phi) is 6.99. The Balaban J connectivity index is 1.75. The molecule has 0 aromatic heterocycles. The number of oxime groups is 1. The van der Waals surface area contributed by atoms with Crippen LogP contribution in [0.5, 0.6) is 0 Å². The first-order valence-electron chi connectivity index (χ1n) is 7.79. The number of benzene rings is 2. The molecule has 7 nitrogen and oxygen atoms in total. The van der Waals surface area contributed by atoms with Gasteiger partial charge in [-0.25, -0.2) is 0 Å². The summed E-state index contributed by atoms with van der Waals surface area (Å²) in [4.78, 5) is 28.5. The summed E-state index contributed by atoms with van der Waals surface area (Å²) in [5.41, 5.74) is 7.84. The fraction of sp³-hybridized carbons (Fsp3) is 0.167. The number of amidine groups is 1. The number of rotatable bonds is 7. The molecule has 0 heterocycles. The number of aryl methyl sites for hydroxylation is 1. The molecule has 0 spiro atoms. The van der Waals surface area contributed by atoms with Crippen molar-refractivity contribution in [3.63, 3.8) is 0 Å². The van der Waals surface area contributed by atoms with Gasteiger partial charge < -0.3 is 21.2 Å². The van der Waals surface area contributed by atoms with Gasteiger partial charge in [-0.05, 0) is 31.2 Å². The van der Waals surface area contributed by atoms with Crippen molar-refractivity contribution >= 4 is 40.6 Å². The molecule has 2 rings (SSSR count). The van der Waals surface area contributed by atoms with Gasteiger partial charge in [0.2, 0.25) is 5.91 Å². The van der Waals surface area contributed by atoms with Crippen molar-refractivity contribution in [2.45, 2.75) is 13.3 Å². The Hall–Kier alpha value is -3.06. The molecular weight excluding hydrogens is 356 g/mol. The summed E-state index contributed by atoms with van der Waals surface area (Å²) in [6, 6.07) is 14.1. The highest BCUT2D eigenvalue weighted by Gasteiger charge is 2.08. The Bertz CT molecular complexity index is 806. The summed E-state index contributed by atoms with van der Waals surface area (Å²) >= 11 is 5.95. The number of hydrogen-bond acceptors (Lipinski definition) is 4. The largest absolute Gasteiger partial charge is 0.384 e. The Morgan fingerprint density at radius 2 is 1.77 bits per heavy atom. The lowest BCUT2D eigenvalue weighted by Gasteiger charge is -2.07. The zero-order valence-electron chi connectivity index (χ0n) is 14.2. The van der Waals surface area contributed by atoms with E-state index in [1.165, 1.54) is 0 Å². The van der Waals surface area contributed by atoms with Gasteiger partial charge in [0.05, 0.1) is 17.1 Å². The molecule has 0 radical (unpaired) electrons. The van der Waals surface area contributed by atoms with Crippen molar-refractivity contribution in [1.29, 1.82) is 0 Å². The molecular formula is C18H19ClN4O3. The quantitative estimate of drug-likeness (QED) is 0.393. The summed E-state index contributed by atoms with van der Waals surface area (Å²) in [5.74, 6) is -0.837. The molecule has 26 heavy (non-hydrogen) atoms. The van der Waals surface area contributed by atoms with E-state index in [0.717, 1.165) is 5.56 Å². The number of hydrogen-bond donors (Lipinski definition) is 3. The molecule has 136 valence electrons. The molecule has 0 fully saturated rings. The number of carbonyl (C=O) groups excluding carboxylic acids is 2. The number of amides is 2. The first kappa shape index (κ1) is 19.3. The number of para-hydroxylation sites is 1. The summed E-state index contributed by atoms with van der Waals surface area (Å²) < 4.78 is 0. The van der Waals surface area contributed by atoms with Gasteiger partial charge in [0.1, 0.15) is 5.84 Å². The minimum atomic E-state index is -0.396. The highest BCUT2D eigenvalue weighted by atomic mass is 35.5. The number of carbonyl (C=O) groups is 2. The second-order valence-electron chi connectivity index (χ2n) is 5.48. The number of nitrogens with zero attached hydrogens (tertiary/aromatic N) is 1. The zero-order valence-corrected chi connectivity index (χ0v) is 14.9. The van der Waals surface area contributed by atoms with E-state index in [1.807, 2.05) is 19.1 Å². The highest BCUT2D eigenvalue weighted by Crippen LogP contribution is 2.20. The van der Waals surface area contributed by atoms with Crippen LogP contribution in [0.3, 0.4) is 0 Å². The van der Waals surface area contributed by atoms with Crippen LogP contribution in [-0.2, 0) is 14.4 Å². The third kappa shape index (κ3) is 6.45. The summed E-state index contributed by atoms with van der Waals surface area (Å²) in [7, 11) is 0. The molecule has 8 heteroatoms. The predicted molar refractivity (Wildman–Crippen MR) is 102 cm³/mol. The fourth-order valence-corrected chi connectivity index (χ4v) is 2.14. The normalized spacial score (nSPS) is 10.9. The highest BCUT2D eigenvalue weighted by molar-refractivity contribution is 6.33. The minimum Gasteiger partial charge on any atom is -0.384 e. The van der Waals surface area contributed by atoms with Crippen molar-refractivity contribution in [2.75, 3.05) is 17.2 Å². The Labute approximate surface area is 156 Å². The number of nitrogens with one attached hydrogen (secondary N) is 2. The zero-order chi connectivity index (χ0) is 18.9. The third-order valence-electron chi connectivity index (χ3n) is 3.20. The van der Waals surface area contributed by atoms with E-state index < -0.39 is 5.91 Å². The maximum atomic E-state index is 11.9. The van der Waals surface area contributed by atoms with Crippen LogP contribution < -0.4 is 16.4 Å². The van der Waals surface area contributed by atoms with Gasteiger partial charge in [-0.1, -0.05) is 46.6 Å². The van der Waals surface area contributed by atoms with Crippen LogP contribution >= 0.6 is 11.6 Å². The van der Waals surface area contributed by atoms with E-state index >= 15 is 0 Å². The first-order chi connectivity index (χ1) is 12.4. The van der Waals surface area contributed by atoms with Gasteiger partial charge in [-0.2, -0.15) is 0 Å². The molecule has 0 aliphatic rings. The minimum absolute atomic E-state index is 0.0577. The van der Waals surface area contributed by atoms with Crippen LogP contribution in [0, 0.1) is 6.92 Å². The molecule has 4 N–H and O–H groups in total. The van der Waals surface area contributed by atoms with Gasteiger partial charge in [0, 0.05) is 5.69 Å². The van der Waals surface area contributed by atoms with Crippen molar-refractivity contribution in [3.8, 4) is 0 Å². The maximum absolute atomic E-state index is 11.9. The van der Waals surface area contributed by atoms with Gasteiger partial charge in [-0.15, -0.1) is 0 Å². The van der Waals surface area contributed by atoms with Crippen LogP contribution in [-0.4, -0.2) is 24.3 Å². The monoisotopic (exact) mass is 374 g/mol. The third-order valence-corrected chi connectivity index (χ3v) is 3.53. The SMILES string of the molecule is Cc1ccc(NC(=O)CON=C(N)CC(=O)Nc2ccccc2Cl)cc1. The predicted octanol–water partition coefficient (Wildman–Crippen LogP) is 2.90. The second kappa shape index (κ2) is 9.43. The van der Waals surface area contributed by atoms with Crippen LogP contribution in [0.2, 0.25) is 5.02 Å². The standard InChI is InChI=1S/C18H19ClN4O3/c1-12-6-8-13(9-7-12)21-18(25)11-26-23-16(20)10-17(24)22-15-5-3-2-4-14(15)19/h2-9H,10-11H2,1H3,(H2,20,23)(H,21,25)(H,22,24). The second-order valence-corrected chi connectivity index (χ2v) is 5.88. The topological polar surface area (TPSA) is 106 Å². The van der Waals surface area contributed by atoms with E-state index in [-0.39, 0.29) is 24.8 Å². The smallest absolute Gasteiger partial charge is 0.265 e. The Morgan fingerprint density at radius 3 is 2.46 bits per heavy atom. The summed E-state index contributed by atoms with van der Waals surface area (Å²) in [5, 5.41) is 9.25. The molecule has 2 aromatic carbocycles. The molecule has 0 unspecified atom stereocenters. The van der Waals surface area contributed by atoms with Crippen LogP contribution in [0.25, 0.3) is 0 Å². The van der Waals surface area contributed by atoms with Crippen molar-refractivity contribution in [1.82, 2.24) is 0 Å². The van der Waals surface area contributed by atoms with Gasteiger partial charge in [-0.3, -0.25) is 9.59 Å². The van der Waals surface area contributed by atoms with E-state index in [9.17, 15) is 9.59 Å². The Morgan fingerprint density at radius 1 is 1.08 bits per heavy atom. The molecule has 0 saturated heterocycles. The van der Waals surface area contributed by atoms with Gasteiger partial charge in [0.25, 0.3) is 5.91 Å². The lowest BCUT2D eigenvalue weighted by molar-refractivity contribution is -0.120. The summed E-state index contributed by atoms with van der Waals surface area (Å²) in [6.45, 7) is 1.63. The van der Waals surface area contributed by atoms with E-state index in [1.54, 1.807) is 36.4 Å². The van der Waals surface area contributed by atoms with E-state index in [0.29, 0.717) is 16.4 Å². The average Bonchev–Trinajstić information content (AvgIpc) is 2.59. The van der Waals surface area contributed by atoms with Crippen molar-refractivity contribution in [3.05, 3.63) is 59.1 Å². The lowest BCUT2D eigenvalue weighted by Crippen LogP contribution is -2.23. The first-order valence-corrected chi connectivity index (χ1v) is 8.17. The van der Waals surface area contributed by atoms with Gasteiger partial charge in [0.15, 0.2) is 6.61 Å². The number of nitrogens with two attached hydrogens (primary N) is 1. The maximum Gasteiger partial charge on any atom is 0.265 e. The molecule has 0 aliphatic heterocycles. The molecule has 0 atom stereocenters. The number of anilines is 2. The van der Waals surface area contributed by atoms with E-state index in [2.05, 4.69) is 15.8 Å². The average molecular weight is 375 g/mol. The van der Waals surface area contributed by atoms with Crippen LogP contribution in [0.15, 0.2) is 53.7 Å². The summed E-state index contributed by atoms with van der Waals surface area (Å²) in [6.07, 6.45) is -0.190. The van der Waals surface area contributed by atoms with Crippen molar-refractivity contribution < 1.29 is 14.4 Å². The van der Waals surface area contributed by atoms with Crippen LogP contribution in [0.4, 0.5) is 11.4 Å². The molecule has 0 aliphatic carbocycles. The molecule has 2 aromatic rings. The van der Waals surface area contributed by atoms with E-state index in [4.69, 9.17) is 22.2 Å². The lowest BCUT2D eigenvalue weighted by atomic mass is 10.2. The van der Waals surface area contributed by atoms with Crippen LogP contribution in [0.1, 0.15) is 12.0 Å². The van der Waals surface area contributed by atoms with Gasteiger partial charge >= 0.3 is 0 Å². The number of halogens is 1. The molecule has 2 amide bonds. The molecule has 0 bridgehead atoms. The van der Waals surface area contributed by atoms with Crippen molar-refractivity contribution in [2.24, 2.45) is 10.9 Å². The molecule has 0 saturated carbocycles. The fourth-order valence-electron chi connectivity index (χ4n) is 1.96.